The maximum absolute atomic E-state index is 12.3. The molecule has 2 N–H and O–H groups in total. The number of carbonyl (C=O) groups is 3. The Kier molecular flexibility index (Phi) is 4.35. The molecule has 1 unspecified atom stereocenters. The van der Waals surface area contributed by atoms with Gasteiger partial charge in [-0.25, -0.2) is 0 Å². The smallest absolute Gasteiger partial charge is 0.265 e. The number of imide groups is 1. The summed E-state index contributed by atoms with van der Waals surface area (Å²) < 4.78 is 6.35. The average molecular weight is 389 g/mol. The van der Waals surface area contributed by atoms with E-state index in [2.05, 4.69) is 26.6 Å². The van der Waals surface area contributed by atoms with Crippen molar-refractivity contribution in [1.82, 2.24) is 5.32 Å². The van der Waals surface area contributed by atoms with Crippen LogP contribution < -0.4 is 15.4 Å². The zero-order chi connectivity index (χ0) is 17.3. The largest absolute Gasteiger partial charge is 0.480 e. The molecule has 0 bridgehead atoms. The first-order valence-corrected chi connectivity index (χ1v) is 7.97. The van der Waals surface area contributed by atoms with Gasteiger partial charge < -0.3 is 10.1 Å². The van der Waals surface area contributed by atoms with E-state index in [0.29, 0.717) is 5.75 Å². The molecule has 3 amide bonds. The fourth-order valence-electron chi connectivity index (χ4n) is 2.34. The topological polar surface area (TPSA) is 84.5 Å². The minimum atomic E-state index is -0.792. The Morgan fingerprint density at radius 1 is 1.12 bits per heavy atom. The Labute approximate surface area is 146 Å². The molecule has 0 fully saturated rings. The molecule has 7 heteroatoms. The van der Waals surface area contributed by atoms with Gasteiger partial charge in [-0.05, 0) is 47.1 Å². The van der Waals surface area contributed by atoms with Crippen molar-refractivity contribution in [2.24, 2.45) is 0 Å². The molecule has 0 aromatic heterocycles. The maximum atomic E-state index is 12.3. The van der Waals surface area contributed by atoms with Crippen molar-refractivity contribution in [1.29, 1.82) is 0 Å². The van der Waals surface area contributed by atoms with Crippen molar-refractivity contribution in [3.05, 3.63) is 58.1 Å². The molecule has 0 aliphatic carbocycles. The molecule has 3 rings (SSSR count). The number of benzene rings is 2. The third-order valence-corrected chi connectivity index (χ3v) is 4.19. The van der Waals surface area contributed by atoms with Crippen molar-refractivity contribution < 1.29 is 19.1 Å². The molecule has 1 aliphatic heterocycles. The predicted octanol–water partition coefficient (Wildman–Crippen LogP) is 2.74. The van der Waals surface area contributed by atoms with Gasteiger partial charge in [0.15, 0.2) is 6.10 Å². The number of amides is 3. The summed E-state index contributed by atoms with van der Waals surface area (Å²) >= 11 is 3.35. The third kappa shape index (κ3) is 3.03. The first-order chi connectivity index (χ1) is 11.5. The van der Waals surface area contributed by atoms with Crippen LogP contribution in [-0.2, 0) is 4.79 Å². The van der Waals surface area contributed by atoms with Gasteiger partial charge in [0.2, 0.25) is 0 Å². The summed E-state index contributed by atoms with van der Waals surface area (Å²) in [5.41, 5.74) is 0.699. The second kappa shape index (κ2) is 6.45. The van der Waals surface area contributed by atoms with Crippen LogP contribution in [0.2, 0.25) is 0 Å². The third-order valence-electron chi connectivity index (χ3n) is 3.53. The molecule has 2 aromatic rings. The number of rotatable bonds is 4. The number of para-hydroxylation sites is 1. The lowest BCUT2D eigenvalue weighted by molar-refractivity contribution is -0.122. The highest BCUT2D eigenvalue weighted by atomic mass is 79.9. The van der Waals surface area contributed by atoms with Gasteiger partial charge >= 0.3 is 0 Å². The summed E-state index contributed by atoms with van der Waals surface area (Å²) in [6.45, 7) is 1.60. The van der Waals surface area contributed by atoms with E-state index < -0.39 is 23.8 Å². The molecule has 2 aromatic carbocycles. The Bertz CT molecular complexity index is 850. The number of anilines is 1. The lowest BCUT2D eigenvalue weighted by Gasteiger charge is -2.16. The molecule has 0 spiro atoms. The predicted molar refractivity (Wildman–Crippen MR) is 91.1 cm³/mol. The molecule has 0 saturated heterocycles. The van der Waals surface area contributed by atoms with Crippen LogP contribution in [0.5, 0.6) is 5.75 Å². The van der Waals surface area contributed by atoms with Crippen LogP contribution >= 0.6 is 15.9 Å². The van der Waals surface area contributed by atoms with Crippen LogP contribution in [0.15, 0.2) is 46.9 Å². The zero-order valence-corrected chi connectivity index (χ0v) is 14.2. The average Bonchev–Trinajstić information content (AvgIpc) is 2.85. The van der Waals surface area contributed by atoms with Gasteiger partial charge in [-0.15, -0.1) is 0 Å². The van der Waals surface area contributed by atoms with Crippen LogP contribution in [0.3, 0.4) is 0 Å². The first kappa shape index (κ1) is 16.2. The molecule has 1 heterocycles. The molecule has 0 radical (unpaired) electrons. The van der Waals surface area contributed by atoms with E-state index >= 15 is 0 Å². The quantitative estimate of drug-likeness (QED) is 0.788. The number of hydrogen-bond donors (Lipinski definition) is 2. The second-order valence-electron chi connectivity index (χ2n) is 5.19. The minimum Gasteiger partial charge on any atom is -0.480 e. The van der Waals surface area contributed by atoms with E-state index in [1.807, 2.05) is 6.07 Å². The van der Waals surface area contributed by atoms with Crippen LogP contribution in [-0.4, -0.2) is 23.8 Å². The molecular weight excluding hydrogens is 376 g/mol. The molecule has 1 atom stereocenters. The van der Waals surface area contributed by atoms with Crippen molar-refractivity contribution in [3.63, 3.8) is 0 Å². The van der Waals surface area contributed by atoms with Gasteiger partial charge in [-0.1, -0.05) is 18.2 Å². The Morgan fingerprint density at radius 3 is 2.62 bits per heavy atom. The van der Waals surface area contributed by atoms with Crippen LogP contribution in [0, 0.1) is 0 Å². The molecule has 6 nitrogen and oxygen atoms in total. The SMILES string of the molecule is CC(Oc1ccccc1Br)C(=O)Nc1cccc2c1C(=O)NC2=O. The van der Waals surface area contributed by atoms with Gasteiger partial charge in [0, 0.05) is 0 Å². The van der Waals surface area contributed by atoms with Gasteiger partial charge in [0.1, 0.15) is 5.75 Å². The zero-order valence-electron chi connectivity index (χ0n) is 12.6. The number of fused-ring (bicyclic) bond motifs is 1. The summed E-state index contributed by atoms with van der Waals surface area (Å²) in [6.07, 6.45) is -0.792. The van der Waals surface area contributed by atoms with E-state index in [-0.39, 0.29) is 16.8 Å². The van der Waals surface area contributed by atoms with E-state index in [1.54, 1.807) is 37.3 Å². The minimum absolute atomic E-state index is 0.170. The maximum Gasteiger partial charge on any atom is 0.265 e. The van der Waals surface area contributed by atoms with Crippen molar-refractivity contribution in [3.8, 4) is 5.75 Å². The number of ether oxygens (including phenoxy) is 1. The normalized spacial score (nSPS) is 13.9. The summed E-state index contributed by atoms with van der Waals surface area (Å²) in [6, 6.07) is 11.9. The van der Waals surface area contributed by atoms with Crippen LogP contribution in [0.4, 0.5) is 5.69 Å². The summed E-state index contributed by atoms with van der Waals surface area (Å²) in [5.74, 6) is -0.883. The number of halogens is 1. The Morgan fingerprint density at radius 2 is 1.88 bits per heavy atom. The first-order valence-electron chi connectivity index (χ1n) is 7.18. The standard InChI is InChI=1S/C17H13BrN2O4/c1-9(24-13-8-3-2-6-11(13)18)15(21)19-12-7-4-5-10-14(12)17(23)20-16(10)22/h2-9H,1H3,(H,19,21)(H,20,22,23). The van der Waals surface area contributed by atoms with Gasteiger partial charge in [0.25, 0.3) is 17.7 Å². The number of carbonyl (C=O) groups excluding carboxylic acids is 3. The van der Waals surface area contributed by atoms with E-state index in [4.69, 9.17) is 4.74 Å². The Hall–Kier alpha value is -2.67. The van der Waals surface area contributed by atoms with Gasteiger partial charge in [0.05, 0.1) is 21.3 Å². The summed E-state index contributed by atoms with van der Waals surface area (Å²) in [4.78, 5) is 35.9. The summed E-state index contributed by atoms with van der Waals surface area (Å²) in [7, 11) is 0. The van der Waals surface area contributed by atoms with Crippen LogP contribution in [0.1, 0.15) is 27.6 Å². The molecule has 1 aliphatic rings. The number of nitrogens with one attached hydrogen (secondary N) is 2. The highest BCUT2D eigenvalue weighted by Gasteiger charge is 2.30. The lowest BCUT2D eigenvalue weighted by Crippen LogP contribution is -2.31. The number of hydrogen-bond acceptors (Lipinski definition) is 4. The van der Waals surface area contributed by atoms with Crippen molar-refractivity contribution in [2.75, 3.05) is 5.32 Å². The lowest BCUT2D eigenvalue weighted by atomic mass is 10.1. The summed E-state index contributed by atoms with van der Waals surface area (Å²) in [5, 5.41) is 4.85. The Balaban J connectivity index is 1.78. The molecule has 122 valence electrons. The van der Waals surface area contributed by atoms with Crippen molar-refractivity contribution >= 4 is 39.3 Å². The highest BCUT2D eigenvalue weighted by molar-refractivity contribution is 9.10. The second-order valence-corrected chi connectivity index (χ2v) is 6.05. The molecular formula is C17H13BrN2O4. The van der Waals surface area contributed by atoms with Crippen molar-refractivity contribution in [2.45, 2.75) is 13.0 Å². The highest BCUT2D eigenvalue weighted by Crippen LogP contribution is 2.26. The van der Waals surface area contributed by atoms with E-state index in [0.717, 1.165) is 4.47 Å². The monoisotopic (exact) mass is 388 g/mol. The fourth-order valence-corrected chi connectivity index (χ4v) is 2.72. The molecule has 24 heavy (non-hydrogen) atoms. The molecule has 0 saturated carbocycles. The van der Waals surface area contributed by atoms with E-state index in [9.17, 15) is 14.4 Å². The van der Waals surface area contributed by atoms with Crippen LogP contribution in [0.25, 0.3) is 0 Å². The van der Waals surface area contributed by atoms with E-state index in [1.165, 1.54) is 6.07 Å². The fraction of sp³-hybridized carbons (Fsp3) is 0.118. The van der Waals surface area contributed by atoms with Gasteiger partial charge in [-0.2, -0.15) is 0 Å². The van der Waals surface area contributed by atoms with Gasteiger partial charge in [-0.3, -0.25) is 19.7 Å².